The molecule has 1 aromatic rings. The van der Waals surface area contributed by atoms with Crippen LogP contribution < -0.4 is 0 Å². The van der Waals surface area contributed by atoms with Crippen molar-refractivity contribution in [2.75, 3.05) is 13.1 Å². The van der Waals surface area contributed by atoms with E-state index < -0.39 is 0 Å². The van der Waals surface area contributed by atoms with Gasteiger partial charge in [0.1, 0.15) is 0 Å². The third-order valence-electron chi connectivity index (χ3n) is 4.86. The Morgan fingerprint density at radius 1 is 1.30 bits per heavy atom. The van der Waals surface area contributed by atoms with Crippen molar-refractivity contribution in [3.05, 3.63) is 41.5 Å². The molecule has 0 aliphatic carbocycles. The van der Waals surface area contributed by atoms with Crippen LogP contribution in [-0.2, 0) is 0 Å². The number of piperidine rings is 1. The van der Waals surface area contributed by atoms with E-state index in [1.54, 1.807) is 0 Å². The average Bonchev–Trinajstić information content (AvgIpc) is 2.41. The van der Waals surface area contributed by atoms with Crippen LogP contribution in [0.4, 0.5) is 0 Å². The van der Waals surface area contributed by atoms with Gasteiger partial charge in [0.2, 0.25) is 0 Å². The Hall–Kier alpha value is -1.24. The molecule has 0 spiro atoms. The minimum atomic E-state index is 0.468. The van der Waals surface area contributed by atoms with Gasteiger partial charge >= 0.3 is 0 Å². The summed E-state index contributed by atoms with van der Waals surface area (Å²) in [5.41, 5.74) is 5.67. The van der Waals surface area contributed by atoms with E-state index in [-0.39, 0.29) is 0 Å². The summed E-state index contributed by atoms with van der Waals surface area (Å²) in [6.07, 6.45) is 5.25. The lowest BCUT2D eigenvalue weighted by molar-refractivity contribution is 0.139. The van der Waals surface area contributed by atoms with E-state index in [0.717, 1.165) is 13.1 Å². The van der Waals surface area contributed by atoms with Crippen LogP contribution in [0.2, 0.25) is 0 Å². The van der Waals surface area contributed by atoms with Crippen LogP contribution in [-0.4, -0.2) is 18.0 Å². The summed E-state index contributed by atoms with van der Waals surface area (Å²) in [5, 5.41) is 0. The van der Waals surface area contributed by atoms with Crippen molar-refractivity contribution in [1.29, 1.82) is 0 Å². The monoisotopic (exact) mass is 271 g/mol. The molecule has 0 radical (unpaired) electrons. The number of likely N-dealkylation sites (tertiary alicyclic amines) is 1. The first-order chi connectivity index (χ1) is 9.45. The fourth-order valence-electron chi connectivity index (χ4n) is 3.46. The number of hydrogen-bond acceptors (Lipinski definition) is 1. The molecular formula is C19H29N. The molecule has 1 nitrogen and oxygen atoms in total. The van der Waals surface area contributed by atoms with Crippen molar-refractivity contribution < 1.29 is 0 Å². The highest BCUT2D eigenvalue weighted by atomic mass is 15.1. The second-order valence-corrected chi connectivity index (χ2v) is 6.83. The van der Waals surface area contributed by atoms with Crippen molar-refractivity contribution in [3.63, 3.8) is 0 Å². The van der Waals surface area contributed by atoms with Gasteiger partial charge in [0.25, 0.3) is 0 Å². The molecule has 2 rings (SSSR count). The van der Waals surface area contributed by atoms with E-state index in [4.69, 9.17) is 0 Å². The predicted molar refractivity (Wildman–Crippen MR) is 88.8 cm³/mol. The molecule has 1 aromatic carbocycles. The maximum Gasteiger partial charge on any atom is 0.0367 e. The topological polar surface area (TPSA) is 3.24 Å². The van der Waals surface area contributed by atoms with Gasteiger partial charge in [-0.3, -0.25) is 0 Å². The van der Waals surface area contributed by atoms with Crippen molar-refractivity contribution in [1.82, 2.24) is 4.90 Å². The molecule has 1 heterocycles. The molecule has 1 atom stereocenters. The summed E-state index contributed by atoms with van der Waals surface area (Å²) in [7, 11) is 0. The zero-order valence-electron chi connectivity index (χ0n) is 13.6. The summed E-state index contributed by atoms with van der Waals surface area (Å²) < 4.78 is 0. The Morgan fingerprint density at radius 2 is 2.05 bits per heavy atom. The molecule has 0 aromatic heterocycles. The predicted octanol–water partition coefficient (Wildman–Crippen LogP) is 5.18. The van der Waals surface area contributed by atoms with E-state index in [0.29, 0.717) is 5.41 Å². The SMILES string of the molecule is C=C(c1ccc(C)c(C)c1)N1CCCC(C)(CCC)C1. The van der Waals surface area contributed by atoms with Gasteiger partial charge in [0, 0.05) is 18.8 Å². The van der Waals surface area contributed by atoms with Crippen molar-refractivity contribution in [2.24, 2.45) is 5.41 Å². The van der Waals surface area contributed by atoms with Crippen LogP contribution in [0, 0.1) is 19.3 Å². The summed E-state index contributed by atoms with van der Waals surface area (Å²) in [6.45, 7) is 15.8. The Bertz CT molecular complexity index is 485. The van der Waals surface area contributed by atoms with Crippen LogP contribution in [0.1, 0.15) is 56.2 Å². The zero-order valence-corrected chi connectivity index (χ0v) is 13.6. The van der Waals surface area contributed by atoms with E-state index >= 15 is 0 Å². The molecule has 0 amide bonds. The molecule has 1 aliphatic rings. The molecule has 1 saturated heterocycles. The third kappa shape index (κ3) is 3.26. The van der Waals surface area contributed by atoms with Crippen LogP contribution in [0.15, 0.2) is 24.8 Å². The van der Waals surface area contributed by atoms with Gasteiger partial charge in [0.05, 0.1) is 0 Å². The fraction of sp³-hybridized carbons (Fsp3) is 0.579. The van der Waals surface area contributed by atoms with Gasteiger partial charge in [-0.25, -0.2) is 0 Å². The molecule has 0 N–H and O–H groups in total. The maximum absolute atomic E-state index is 4.37. The minimum Gasteiger partial charge on any atom is -0.371 e. The molecule has 20 heavy (non-hydrogen) atoms. The van der Waals surface area contributed by atoms with Crippen LogP contribution >= 0.6 is 0 Å². The van der Waals surface area contributed by atoms with Gasteiger partial charge in [-0.1, -0.05) is 39.0 Å². The highest BCUT2D eigenvalue weighted by Gasteiger charge is 2.30. The van der Waals surface area contributed by atoms with E-state index in [9.17, 15) is 0 Å². The molecule has 110 valence electrons. The Labute approximate surface area is 124 Å². The third-order valence-corrected chi connectivity index (χ3v) is 4.86. The van der Waals surface area contributed by atoms with Crippen molar-refractivity contribution >= 4 is 5.70 Å². The molecule has 1 aliphatic heterocycles. The van der Waals surface area contributed by atoms with Crippen molar-refractivity contribution in [3.8, 4) is 0 Å². The lowest BCUT2D eigenvalue weighted by Crippen LogP contribution is -2.40. The van der Waals surface area contributed by atoms with Crippen molar-refractivity contribution in [2.45, 2.75) is 53.4 Å². The smallest absolute Gasteiger partial charge is 0.0367 e. The van der Waals surface area contributed by atoms with Gasteiger partial charge in [-0.05, 0) is 61.3 Å². The minimum absolute atomic E-state index is 0.468. The van der Waals surface area contributed by atoms with E-state index in [2.05, 4.69) is 57.4 Å². The fourth-order valence-corrected chi connectivity index (χ4v) is 3.46. The van der Waals surface area contributed by atoms with Crippen LogP contribution in [0.25, 0.3) is 5.70 Å². The quantitative estimate of drug-likeness (QED) is 0.729. The summed E-state index contributed by atoms with van der Waals surface area (Å²) >= 11 is 0. The largest absolute Gasteiger partial charge is 0.371 e. The first kappa shape index (κ1) is 15.2. The first-order valence-corrected chi connectivity index (χ1v) is 7.97. The second kappa shape index (κ2) is 6.03. The van der Waals surface area contributed by atoms with Crippen LogP contribution in [0.5, 0.6) is 0 Å². The van der Waals surface area contributed by atoms with E-state index in [1.807, 2.05) is 0 Å². The number of rotatable bonds is 4. The molecule has 0 saturated carbocycles. The van der Waals surface area contributed by atoms with Gasteiger partial charge in [-0.2, -0.15) is 0 Å². The Balaban J connectivity index is 2.14. The van der Waals surface area contributed by atoms with Crippen LogP contribution in [0.3, 0.4) is 0 Å². The maximum atomic E-state index is 4.37. The molecule has 1 unspecified atom stereocenters. The second-order valence-electron chi connectivity index (χ2n) is 6.83. The number of nitrogens with zero attached hydrogens (tertiary/aromatic N) is 1. The number of aryl methyl sites for hydroxylation is 2. The lowest BCUT2D eigenvalue weighted by atomic mass is 9.78. The molecular weight excluding hydrogens is 242 g/mol. The summed E-state index contributed by atoms with van der Waals surface area (Å²) in [4.78, 5) is 2.50. The van der Waals surface area contributed by atoms with Gasteiger partial charge in [0.15, 0.2) is 0 Å². The van der Waals surface area contributed by atoms with E-state index in [1.165, 1.54) is 48.1 Å². The molecule has 1 fully saturated rings. The molecule has 0 bridgehead atoms. The standard InChI is InChI=1S/C19H29N/c1-6-10-19(5)11-7-12-20(14-19)17(4)18-9-8-15(2)16(3)13-18/h8-9,13H,4,6-7,10-12,14H2,1-3,5H3. The number of benzene rings is 1. The zero-order chi connectivity index (χ0) is 14.8. The van der Waals surface area contributed by atoms with Gasteiger partial charge < -0.3 is 4.90 Å². The highest BCUT2D eigenvalue weighted by molar-refractivity contribution is 5.63. The number of hydrogen-bond donors (Lipinski definition) is 0. The lowest BCUT2D eigenvalue weighted by Gasteiger charge is -2.42. The Kier molecular flexibility index (Phi) is 4.57. The first-order valence-electron chi connectivity index (χ1n) is 7.97. The summed E-state index contributed by atoms with van der Waals surface area (Å²) in [5.74, 6) is 0. The Morgan fingerprint density at radius 3 is 2.70 bits per heavy atom. The molecule has 1 heteroatoms. The average molecular weight is 271 g/mol. The highest BCUT2D eigenvalue weighted by Crippen LogP contribution is 2.36. The normalized spacial score (nSPS) is 22.9. The summed E-state index contributed by atoms with van der Waals surface area (Å²) in [6, 6.07) is 6.71. The van der Waals surface area contributed by atoms with Gasteiger partial charge in [-0.15, -0.1) is 0 Å².